The highest BCUT2D eigenvalue weighted by molar-refractivity contribution is 5.59. The van der Waals surface area contributed by atoms with Gasteiger partial charge in [0.15, 0.2) is 5.82 Å². The van der Waals surface area contributed by atoms with Gasteiger partial charge in [0.05, 0.1) is 0 Å². The lowest BCUT2D eigenvalue weighted by Crippen LogP contribution is -2.50. The van der Waals surface area contributed by atoms with Gasteiger partial charge in [-0.25, -0.2) is 4.98 Å². The molecule has 2 saturated heterocycles. The number of nitrogens with zero attached hydrogens (tertiary/aromatic N) is 6. The van der Waals surface area contributed by atoms with Gasteiger partial charge in [-0.15, -0.1) is 0 Å². The van der Waals surface area contributed by atoms with E-state index >= 15 is 0 Å². The molecule has 2 aliphatic heterocycles. The summed E-state index contributed by atoms with van der Waals surface area (Å²) in [5.41, 5.74) is 0.944. The molecule has 27 heavy (non-hydrogen) atoms. The highest BCUT2D eigenvalue weighted by atomic mass is 16.5. The molecule has 0 amide bonds. The van der Waals surface area contributed by atoms with Crippen LogP contribution in [0, 0.1) is 0 Å². The molecule has 0 bridgehead atoms. The topological polar surface area (TPSA) is 61.5 Å². The van der Waals surface area contributed by atoms with E-state index in [-0.39, 0.29) is 5.92 Å². The third kappa shape index (κ3) is 3.99. The van der Waals surface area contributed by atoms with E-state index in [1.54, 1.807) is 0 Å². The van der Waals surface area contributed by atoms with Crippen molar-refractivity contribution in [3.63, 3.8) is 0 Å². The van der Waals surface area contributed by atoms with Crippen molar-refractivity contribution >= 4 is 5.82 Å². The van der Waals surface area contributed by atoms with E-state index in [1.807, 2.05) is 12.3 Å². The van der Waals surface area contributed by atoms with E-state index in [4.69, 9.17) is 4.52 Å². The molecule has 2 aromatic heterocycles. The second-order valence-corrected chi connectivity index (χ2v) is 7.87. The Hall–Kier alpha value is -1.99. The van der Waals surface area contributed by atoms with Crippen LogP contribution >= 0.6 is 0 Å². The molecule has 1 atom stereocenters. The van der Waals surface area contributed by atoms with Crippen molar-refractivity contribution in [3.05, 3.63) is 24.2 Å². The van der Waals surface area contributed by atoms with Crippen molar-refractivity contribution in [2.45, 2.75) is 39.2 Å². The second kappa shape index (κ2) is 7.94. The quantitative estimate of drug-likeness (QED) is 0.801. The maximum atomic E-state index is 5.45. The van der Waals surface area contributed by atoms with E-state index in [0.717, 1.165) is 36.8 Å². The smallest absolute Gasteiger partial charge is 0.258 e. The molecule has 0 aromatic carbocycles. The normalized spacial score (nSPS) is 22.1. The highest BCUT2D eigenvalue weighted by Gasteiger charge is 2.30. The third-order valence-corrected chi connectivity index (χ3v) is 5.81. The van der Waals surface area contributed by atoms with Crippen molar-refractivity contribution in [3.8, 4) is 11.5 Å². The summed E-state index contributed by atoms with van der Waals surface area (Å²) in [7, 11) is 0. The summed E-state index contributed by atoms with van der Waals surface area (Å²) in [6.07, 6.45) is 3.05. The van der Waals surface area contributed by atoms with Gasteiger partial charge in [-0.1, -0.05) is 25.9 Å². The summed E-state index contributed by atoms with van der Waals surface area (Å²) in [6, 6.07) is 4.65. The van der Waals surface area contributed by atoms with Gasteiger partial charge in [0.1, 0.15) is 5.82 Å². The van der Waals surface area contributed by atoms with E-state index in [0.29, 0.717) is 11.9 Å². The van der Waals surface area contributed by atoms with Crippen LogP contribution in [-0.2, 0) is 0 Å². The Morgan fingerprint density at radius 1 is 1.19 bits per heavy atom. The summed E-state index contributed by atoms with van der Waals surface area (Å²) < 4.78 is 5.45. The lowest BCUT2D eigenvalue weighted by molar-refractivity contribution is 0.107. The van der Waals surface area contributed by atoms with Gasteiger partial charge in [0, 0.05) is 63.0 Å². The number of piperazine rings is 1. The van der Waals surface area contributed by atoms with Gasteiger partial charge in [0.25, 0.3) is 5.89 Å². The Morgan fingerprint density at radius 3 is 2.70 bits per heavy atom. The summed E-state index contributed by atoms with van der Waals surface area (Å²) in [5.74, 6) is 2.59. The maximum Gasteiger partial charge on any atom is 0.258 e. The van der Waals surface area contributed by atoms with E-state index in [1.165, 1.54) is 32.6 Å². The zero-order chi connectivity index (χ0) is 18.8. The number of pyridine rings is 1. The fourth-order valence-corrected chi connectivity index (χ4v) is 4.00. The van der Waals surface area contributed by atoms with Gasteiger partial charge in [-0.05, 0) is 25.1 Å². The molecular formula is C20H30N6O. The molecule has 1 unspecified atom stereocenters. The number of likely N-dealkylation sites (N-methyl/N-ethyl adjacent to an activating group) is 1. The molecular weight excluding hydrogens is 340 g/mol. The predicted molar refractivity (Wildman–Crippen MR) is 106 cm³/mol. The number of hydrogen-bond acceptors (Lipinski definition) is 7. The Labute approximate surface area is 161 Å². The zero-order valence-corrected chi connectivity index (χ0v) is 16.6. The van der Waals surface area contributed by atoms with Crippen molar-refractivity contribution in [2.75, 3.05) is 50.7 Å². The third-order valence-electron chi connectivity index (χ3n) is 5.81. The molecule has 2 fully saturated rings. The number of hydrogen-bond donors (Lipinski definition) is 0. The summed E-state index contributed by atoms with van der Waals surface area (Å²) in [5, 5.41) is 4.07. The number of rotatable bonds is 5. The first-order valence-corrected chi connectivity index (χ1v) is 10.2. The van der Waals surface area contributed by atoms with Crippen LogP contribution in [0.4, 0.5) is 5.82 Å². The average Bonchev–Trinajstić information content (AvgIpc) is 3.38. The van der Waals surface area contributed by atoms with Gasteiger partial charge in [-0.3, -0.25) is 4.90 Å². The van der Waals surface area contributed by atoms with Gasteiger partial charge in [-0.2, -0.15) is 4.98 Å². The lowest BCUT2D eigenvalue weighted by atomic mass is 10.2. The van der Waals surface area contributed by atoms with Crippen LogP contribution in [0.3, 0.4) is 0 Å². The predicted octanol–water partition coefficient (Wildman–Crippen LogP) is 2.47. The fraction of sp³-hybridized carbons (Fsp3) is 0.650. The van der Waals surface area contributed by atoms with Gasteiger partial charge < -0.3 is 14.3 Å². The Kier molecular flexibility index (Phi) is 5.41. The van der Waals surface area contributed by atoms with Gasteiger partial charge in [0.2, 0.25) is 0 Å². The molecule has 4 heterocycles. The monoisotopic (exact) mass is 370 g/mol. The average molecular weight is 371 g/mol. The van der Waals surface area contributed by atoms with Crippen molar-refractivity contribution in [1.82, 2.24) is 24.9 Å². The largest absolute Gasteiger partial charge is 0.355 e. The van der Waals surface area contributed by atoms with Crippen LogP contribution < -0.4 is 4.90 Å². The molecule has 0 aliphatic carbocycles. The first-order chi connectivity index (χ1) is 13.1. The second-order valence-electron chi connectivity index (χ2n) is 7.87. The molecule has 0 spiro atoms. The van der Waals surface area contributed by atoms with Crippen LogP contribution in [0.5, 0.6) is 0 Å². The maximum absolute atomic E-state index is 5.45. The van der Waals surface area contributed by atoms with E-state index in [2.05, 4.69) is 56.7 Å². The molecule has 2 aromatic rings. The molecule has 7 heteroatoms. The van der Waals surface area contributed by atoms with Crippen LogP contribution in [-0.4, -0.2) is 76.8 Å². The Bertz CT molecular complexity index is 752. The molecule has 2 aliphatic rings. The standard InChI is InChI=1S/C20H30N6O/c1-4-24-9-11-25(12-10-24)17-6-8-26(14-17)18-13-16(5-7-21-18)20-22-19(15(2)3)23-27-20/h5,7,13,15,17H,4,6,8-12,14H2,1-3H3. The minimum absolute atomic E-state index is 0.260. The van der Waals surface area contributed by atoms with E-state index < -0.39 is 0 Å². The molecule has 0 N–H and O–H groups in total. The van der Waals surface area contributed by atoms with Crippen molar-refractivity contribution in [2.24, 2.45) is 0 Å². The SMILES string of the molecule is CCN1CCN(C2CCN(c3cc(-c4nc(C(C)C)no4)ccn3)C2)CC1. The van der Waals surface area contributed by atoms with Crippen LogP contribution in [0.1, 0.15) is 38.9 Å². The zero-order valence-electron chi connectivity index (χ0n) is 16.6. The Balaban J connectivity index is 1.42. The molecule has 0 saturated carbocycles. The summed E-state index contributed by atoms with van der Waals surface area (Å²) in [4.78, 5) is 16.7. The Morgan fingerprint density at radius 2 is 2.00 bits per heavy atom. The first kappa shape index (κ1) is 18.4. The van der Waals surface area contributed by atoms with Crippen LogP contribution in [0.2, 0.25) is 0 Å². The lowest BCUT2D eigenvalue weighted by Gasteiger charge is -2.37. The summed E-state index contributed by atoms with van der Waals surface area (Å²) >= 11 is 0. The van der Waals surface area contributed by atoms with E-state index in [9.17, 15) is 0 Å². The number of aromatic nitrogens is 3. The van der Waals surface area contributed by atoms with Gasteiger partial charge >= 0.3 is 0 Å². The van der Waals surface area contributed by atoms with Crippen LogP contribution in [0.15, 0.2) is 22.9 Å². The summed E-state index contributed by atoms with van der Waals surface area (Å²) in [6.45, 7) is 14.4. The molecule has 0 radical (unpaired) electrons. The minimum Gasteiger partial charge on any atom is -0.355 e. The van der Waals surface area contributed by atoms with Crippen molar-refractivity contribution in [1.29, 1.82) is 0 Å². The fourth-order valence-electron chi connectivity index (χ4n) is 4.00. The highest BCUT2D eigenvalue weighted by Crippen LogP contribution is 2.26. The molecule has 146 valence electrons. The van der Waals surface area contributed by atoms with Crippen molar-refractivity contribution < 1.29 is 4.52 Å². The minimum atomic E-state index is 0.260. The molecule has 7 nitrogen and oxygen atoms in total. The van der Waals surface area contributed by atoms with Crippen LogP contribution in [0.25, 0.3) is 11.5 Å². The number of anilines is 1. The first-order valence-electron chi connectivity index (χ1n) is 10.2. The molecule has 4 rings (SSSR count).